The molecule has 124 valence electrons. The van der Waals surface area contributed by atoms with E-state index >= 15 is 0 Å². The number of hydrogen-bond acceptors (Lipinski definition) is 4. The maximum absolute atomic E-state index is 12.7. The highest BCUT2D eigenvalue weighted by Crippen LogP contribution is 2.28. The lowest BCUT2D eigenvalue weighted by molar-refractivity contribution is 0.340. The van der Waals surface area contributed by atoms with Gasteiger partial charge in [-0.3, -0.25) is 4.79 Å². The van der Waals surface area contributed by atoms with Crippen molar-refractivity contribution < 1.29 is 13.9 Å². The van der Waals surface area contributed by atoms with E-state index in [1.807, 2.05) is 33.8 Å². The Morgan fingerprint density at radius 3 is 2.58 bits per heavy atom. The third-order valence-electron chi connectivity index (χ3n) is 4.01. The summed E-state index contributed by atoms with van der Waals surface area (Å²) in [5.74, 6) is 1.52. The largest absolute Gasteiger partial charge is 0.494 e. The van der Waals surface area contributed by atoms with Crippen molar-refractivity contribution in [1.82, 2.24) is 0 Å². The van der Waals surface area contributed by atoms with E-state index in [2.05, 4.69) is 6.07 Å². The first-order valence-electron chi connectivity index (χ1n) is 7.93. The zero-order valence-corrected chi connectivity index (χ0v) is 14.3. The molecule has 0 bridgehead atoms. The summed E-state index contributed by atoms with van der Waals surface area (Å²) >= 11 is 0. The average molecular weight is 324 g/mol. The summed E-state index contributed by atoms with van der Waals surface area (Å²) in [6.45, 7) is 8.46. The predicted octanol–water partition coefficient (Wildman–Crippen LogP) is 4.91. The van der Waals surface area contributed by atoms with Gasteiger partial charge in [-0.25, -0.2) is 0 Å². The number of aryl methyl sites for hydroxylation is 2. The fourth-order valence-electron chi connectivity index (χ4n) is 2.64. The first kappa shape index (κ1) is 16.1. The molecule has 0 saturated heterocycles. The summed E-state index contributed by atoms with van der Waals surface area (Å²) in [4.78, 5) is 12.7. The van der Waals surface area contributed by atoms with Crippen LogP contribution in [0, 0.1) is 20.8 Å². The molecule has 0 fully saturated rings. The summed E-state index contributed by atoms with van der Waals surface area (Å²) in [5, 5.41) is 0.470. The molecular weight excluding hydrogens is 304 g/mol. The number of benzene rings is 2. The molecule has 0 aliphatic heterocycles. The molecular formula is C20H20O4. The van der Waals surface area contributed by atoms with Gasteiger partial charge in [-0.05, 0) is 62.6 Å². The van der Waals surface area contributed by atoms with Crippen molar-refractivity contribution in [3.05, 3.63) is 63.5 Å². The van der Waals surface area contributed by atoms with Gasteiger partial charge in [0, 0.05) is 6.07 Å². The van der Waals surface area contributed by atoms with Crippen LogP contribution in [-0.2, 0) is 0 Å². The molecule has 4 heteroatoms. The summed E-state index contributed by atoms with van der Waals surface area (Å²) in [6.07, 6.45) is 1.36. The van der Waals surface area contributed by atoms with Crippen LogP contribution in [0.2, 0.25) is 0 Å². The Bertz CT molecular complexity index is 954. The topological polar surface area (TPSA) is 48.7 Å². The van der Waals surface area contributed by atoms with E-state index in [-0.39, 0.29) is 11.2 Å². The van der Waals surface area contributed by atoms with E-state index in [0.29, 0.717) is 29.1 Å². The van der Waals surface area contributed by atoms with Crippen molar-refractivity contribution in [2.75, 3.05) is 6.61 Å². The second kappa shape index (κ2) is 6.40. The minimum absolute atomic E-state index is 0.180. The van der Waals surface area contributed by atoms with Crippen molar-refractivity contribution in [2.45, 2.75) is 27.7 Å². The molecule has 0 radical (unpaired) electrons. The molecule has 0 atom stereocenters. The number of fused-ring (bicyclic) bond motifs is 1. The quantitative estimate of drug-likeness (QED) is 0.684. The van der Waals surface area contributed by atoms with E-state index in [4.69, 9.17) is 13.9 Å². The van der Waals surface area contributed by atoms with Gasteiger partial charge in [-0.15, -0.1) is 0 Å². The van der Waals surface area contributed by atoms with Crippen LogP contribution in [0.25, 0.3) is 11.0 Å². The van der Waals surface area contributed by atoms with Crippen LogP contribution < -0.4 is 14.9 Å². The van der Waals surface area contributed by atoms with Gasteiger partial charge in [-0.2, -0.15) is 0 Å². The highest BCUT2D eigenvalue weighted by atomic mass is 16.5. The summed E-state index contributed by atoms with van der Waals surface area (Å²) in [7, 11) is 0. The van der Waals surface area contributed by atoms with Gasteiger partial charge in [0.1, 0.15) is 23.3 Å². The lowest BCUT2D eigenvalue weighted by atomic mass is 10.1. The standard InChI is InChI=1S/C20H20O4/c1-5-22-15-6-7-16-18(10-15)23-11-19(20(16)21)24-17-9-12(2)8-13(3)14(17)4/h6-11H,5H2,1-4H3. The minimum Gasteiger partial charge on any atom is -0.494 e. The molecule has 3 rings (SSSR count). The molecule has 0 saturated carbocycles. The lowest BCUT2D eigenvalue weighted by Gasteiger charge is -2.12. The lowest BCUT2D eigenvalue weighted by Crippen LogP contribution is -2.06. The van der Waals surface area contributed by atoms with Crippen LogP contribution in [0.1, 0.15) is 23.6 Å². The number of rotatable bonds is 4. The summed E-state index contributed by atoms with van der Waals surface area (Å²) in [6, 6.07) is 9.18. The first-order chi connectivity index (χ1) is 11.5. The average Bonchev–Trinajstić information content (AvgIpc) is 2.55. The molecule has 2 aromatic carbocycles. The van der Waals surface area contributed by atoms with Gasteiger partial charge in [0.25, 0.3) is 0 Å². The zero-order chi connectivity index (χ0) is 17.3. The van der Waals surface area contributed by atoms with Gasteiger partial charge >= 0.3 is 0 Å². The first-order valence-corrected chi connectivity index (χ1v) is 7.93. The normalized spacial score (nSPS) is 10.8. The second-order valence-corrected chi connectivity index (χ2v) is 5.83. The number of hydrogen-bond donors (Lipinski definition) is 0. The third kappa shape index (κ3) is 3.00. The maximum atomic E-state index is 12.7. The van der Waals surface area contributed by atoms with Crippen molar-refractivity contribution in [2.24, 2.45) is 0 Å². The SMILES string of the molecule is CCOc1ccc2c(=O)c(Oc3cc(C)cc(C)c3C)coc2c1. The smallest absolute Gasteiger partial charge is 0.235 e. The Morgan fingerprint density at radius 1 is 1.04 bits per heavy atom. The maximum Gasteiger partial charge on any atom is 0.235 e. The predicted molar refractivity (Wildman–Crippen MR) is 94.4 cm³/mol. The van der Waals surface area contributed by atoms with Crippen molar-refractivity contribution in [3.8, 4) is 17.2 Å². The monoisotopic (exact) mass is 324 g/mol. The van der Waals surface area contributed by atoms with Gasteiger partial charge in [0.2, 0.25) is 11.2 Å². The van der Waals surface area contributed by atoms with Gasteiger partial charge in [0.15, 0.2) is 0 Å². The number of ether oxygens (including phenoxy) is 2. The van der Waals surface area contributed by atoms with Crippen LogP contribution in [-0.4, -0.2) is 6.61 Å². The molecule has 0 aliphatic rings. The van der Waals surface area contributed by atoms with Crippen LogP contribution in [0.3, 0.4) is 0 Å². The molecule has 3 aromatic rings. The van der Waals surface area contributed by atoms with Crippen molar-refractivity contribution in [1.29, 1.82) is 0 Å². The molecule has 0 unspecified atom stereocenters. The molecule has 1 heterocycles. The van der Waals surface area contributed by atoms with Gasteiger partial charge < -0.3 is 13.9 Å². The molecule has 24 heavy (non-hydrogen) atoms. The highest BCUT2D eigenvalue weighted by molar-refractivity contribution is 5.79. The van der Waals surface area contributed by atoms with Crippen LogP contribution in [0.5, 0.6) is 17.2 Å². The fourth-order valence-corrected chi connectivity index (χ4v) is 2.64. The molecule has 0 aliphatic carbocycles. The van der Waals surface area contributed by atoms with E-state index in [9.17, 15) is 4.79 Å². The summed E-state index contributed by atoms with van der Waals surface area (Å²) in [5.41, 5.74) is 3.50. The van der Waals surface area contributed by atoms with Crippen molar-refractivity contribution >= 4 is 11.0 Å². The second-order valence-electron chi connectivity index (χ2n) is 5.83. The van der Waals surface area contributed by atoms with Gasteiger partial charge in [0.05, 0.1) is 12.0 Å². The minimum atomic E-state index is -0.196. The van der Waals surface area contributed by atoms with Crippen LogP contribution in [0.4, 0.5) is 0 Å². The van der Waals surface area contributed by atoms with Crippen LogP contribution >= 0.6 is 0 Å². The molecule has 4 nitrogen and oxygen atoms in total. The van der Waals surface area contributed by atoms with E-state index < -0.39 is 0 Å². The Kier molecular flexibility index (Phi) is 4.30. The molecule has 0 spiro atoms. The Labute approximate surface area is 140 Å². The Balaban J connectivity index is 2.04. The molecule has 0 N–H and O–H groups in total. The highest BCUT2D eigenvalue weighted by Gasteiger charge is 2.12. The fraction of sp³-hybridized carbons (Fsp3) is 0.250. The Hall–Kier alpha value is -2.75. The third-order valence-corrected chi connectivity index (χ3v) is 4.01. The van der Waals surface area contributed by atoms with E-state index in [1.165, 1.54) is 6.26 Å². The molecule has 1 aromatic heterocycles. The van der Waals surface area contributed by atoms with Crippen LogP contribution in [0.15, 0.2) is 45.8 Å². The van der Waals surface area contributed by atoms with E-state index in [1.54, 1.807) is 18.2 Å². The summed E-state index contributed by atoms with van der Waals surface area (Å²) < 4.78 is 16.9. The Morgan fingerprint density at radius 2 is 1.83 bits per heavy atom. The molecule has 0 amide bonds. The van der Waals surface area contributed by atoms with Crippen molar-refractivity contribution in [3.63, 3.8) is 0 Å². The zero-order valence-electron chi connectivity index (χ0n) is 14.3. The van der Waals surface area contributed by atoms with Gasteiger partial charge in [-0.1, -0.05) is 6.07 Å². The van der Waals surface area contributed by atoms with E-state index in [0.717, 1.165) is 16.7 Å².